The lowest BCUT2D eigenvalue weighted by atomic mass is 9.93. The molecule has 0 radical (unpaired) electrons. The number of hydrogen-bond acceptors (Lipinski definition) is 5. The Bertz CT molecular complexity index is 950. The highest BCUT2D eigenvalue weighted by Gasteiger charge is 2.31. The summed E-state index contributed by atoms with van der Waals surface area (Å²) in [6, 6.07) is 15.9. The summed E-state index contributed by atoms with van der Waals surface area (Å²) >= 11 is 0. The molecule has 2 aromatic carbocycles. The molecule has 2 heterocycles. The van der Waals surface area contributed by atoms with Gasteiger partial charge in [-0.15, -0.1) is 10.2 Å². The van der Waals surface area contributed by atoms with Crippen molar-refractivity contribution in [1.82, 2.24) is 15.1 Å². The largest absolute Gasteiger partial charge is 0.424 e. The standard InChI is InChI=1S/C20H20N4O2/c1-13-22-23-20(26-13)18-10-15-6-2-3-7-17(15)12-24(18)11-14-5-4-8-16(9-14)19(21)25/h2-9,18H,10-12H2,1H3,(H2,21,25). The van der Waals surface area contributed by atoms with Gasteiger partial charge in [-0.05, 0) is 35.2 Å². The maximum atomic E-state index is 11.5. The van der Waals surface area contributed by atoms with Gasteiger partial charge in [0.15, 0.2) is 0 Å². The molecule has 1 unspecified atom stereocenters. The van der Waals surface area contributed by atoms with Gasteiger partial charge in [0.1, 0.15) is 0 Å². The van der Waals surface area contributed by atoms with Gasteiger partial charge in [0.05, 0.1) is 6.04 Å². The van der Waals surface area contributed by atoms with Crippen LogP contribution in [0.2, 0.25) is 0 Å². The Hall–Kier alpha value is -2.99. The zero-order valence-corrected chi connectivity index (χ0v) is 14.6. The SMILES string of the molecule is Cc1nnc(C2Cc3ccccc3CN2Cc2cccc(C(N)=O)c2)o1. The van der Waals surface area contributed by atoms with E-state index in [-0.39, 0.29) is 6.04 Å². The second kappa shape index (κ2) is 6.72. The number of hydrogen-bond donors (Lipinski definition) is 1. The van der Waals surface area contributed by atoms with Gasteiger partial charge in [-0.25, -0.2) is 0 Å². The summed E-state index contributed by atoms with van der Waals surface area (Å²) in [5.41, 5.74) is 9.56. The van der Waals surface area contributed by atoms with Gasteiger partial charge < -0.3 is 10.2 Å². The van der Waals surface area contributed by atoms with Gasteiger partial charge in [-0.2, -0.15) is 0 Å². The lowest BCUT2D eigenvalue weighted by molar-refractivity contribution is 0.0999. The van der Waals surface area contributed by atoms with Crippen molar-refractivity contribution in [2.75, 3.05) is 0 Å². The number of nitrogens with two attached hydrogens (primary N) is 1. The lowest BCUT2D eigenvalue weighted by Crippen LogP contribution is -2.34. The topological polar surface area (TPSA) is 85.3 Å². The maximum absolute atomic E-state index is 11.5. The van der Waals surface area contributed by atoms with E-state index in [0.29, 0.717) is 23.9 Å². The Kier molecular flexibility index (Phi) is 4.26. The molecule has 0 bridgehead atoms. The van der Waals surface area contributed by atoms with E-state index < -0.39 is 5.91 Å². The Morgan fingerprint density at radius 1 is 1.19 bits per heavy atom. The van der Waals surface area contributed by atoms with E-state index in [1.54, 1.807) is 13.0 Å². The van der Waals surface area contributed by atoms with Crippen LogP contribution in [0.15, 0.2) is 52.9 Å². The van der Waals surface area contributed by atoms with Crippen molar-refractivity contribution in [3.05, 3.63) is 82.6 Å². The zero-order chi connectivity index (χ0) is 18.1. The normalized spacial score (nSPS) is 17.0. The summed E-state index contributed by atoms with van der Waals surface area (Å²) in [7, 11) is 0. The first kappa shape index (κ1) is 16.5. The molecule has 0 saturated heterocycles. The van der Waals surface area contributed by atoms with Crippen molar-refractivity contribution in [2.45, 2.75) is 32.5 Å². The number of fused-ring (bicyclic) bond motifs is 1. The monoisotopic (exact) mass is 348 g/mol. The second-order valence-electron chi connectivity index (χ2n) is 6.62. The second-order valence-corrected chi connectivity index (χ2v) is 6.62. The lowest BCUT2D eigenvalue weighted by Gasteiger charge is -2.35. The third-order valence-corrected chi connectivity index (χ3v) is 4.77. The summed E-state index contributed by atoms with van der Waals surface area (Å²) in [5.74, 6) is 0.775. The third kappa shape index (κ3) is 3.23. The molecule has 0 aliphatic carbocycles. The fourth-order valence-corrected chi connectivity index (χ4v) is 3.49. The number of nitrogens with zero attached hydrogens (tertiary/aromatic N) is 3. The molecule has 0 fully saturated rings. The van der Waals surface area contributed by atoms with E-state index in [4.69, 9.17) is 10.2 Å². The first-order chi connectivity index (χ1) is 12.6. The molecule has 4 rings (SSSR count). The van der Waals surface area contributed by atoms with E-state index in [1.807, 2.05) is 18.2 Å². The third-order valence-electron chi connectivity index (χ3n) is 4.77. The summed E-state index contributed by atoms with van der Waals surface area (Å²) < 4.78 is 5.73. The molecule has 1 amide bonds. The van der Waals surface area contributed by atoms with Crippen LogP contribution < -0.4 is 5.73 Å². The molecular weight excluding hydrogens is 328 g/mol. The molecule has 2 N–H and O–H groups in total. The van der Waals surface area contributed by atoms with Crippen LogP contribution in [0.3, 0.4) is 0 Å². The van der Waals surface area contributed by atoms with Gasteiger partial charge in [-0.1, -0.05) is 36.4 Å². The van der Waals surface area contributed by atoms with Crippen LogP contribution >= 0.6 is 0 Å². The van der Waals surface area contributed by atoms with Crippen LogP contribution in [-0.2, 0) is 19.5 Å². The molecule has 1 aliphatic rings. The van der Waals surface area contributed by atoms with E-state index in [2.05, 4.69) is 39.4 Å². The van der Waals surface area contributed by atoms with Gasteiger partial charge in [0.25, 0.3) is 0 Å². The van der Waals surface area contributed by atoms with E-state index in [1.165, 1.54) is 11.1 Å². The minimum absolute atomic E-state index is 0.00309. The summed E-state index contributed by atoms with van der Waals surface area (Å²) in [6.45, 7) is 3.25. The maximum Gasteiger partial charge on any atom is 0.248 e. The van der Waals surface area contributed by atoms with Gasteiger partial charge >= 0.3 is 0 Å². The quantitative estimate of drug-likeness (QED) is 0.783. The van der Waals surface area contributed by atoms with E-state index in [9.17, 15) is 4.79 Å². The molecule has 26 heavy (non-hydrogen) atoms. The van der Waals surface area contributed by atoms with Gasteiger partial charge in [-0.3, -0.25) is 9.69 Å². The van der Waals surface area contributed by atoms with Crippen molar-refractivity contribution in [3.63, 3.8) is 0 Å². The van der Waals surface area contributed by atoms with Crippen LogP contribution in [0, 0.1) is 6.92 Å². The smallest absolute Gasteiger partial charge is 0.248 e. The Morgan fingerprint density at radius 3 is 2.73 bits per heavy atom. The van der Waals surface area contributed by atoms with Crippen LogP contribution in [0.5, 0.6) is 0 Å². The number of benzene rings is 2. The fourth-order valence-electron chi connectivity index (χ4n) is 3.49. The van der Waals surface area contributed by atoms with Crippen LogP contribution in [0.25, 0.3) is 0 Å². The highest BCUT2D eigenvalue weighted by atomic mass is 16.4. The zero-order valence-electron chi connectivity index (χ0n) is 14.6. The number of carbonyl (C=O) groups is 1. The minimum Gasteiger partial charge on any atom is -0.424 e. The summed E-state index contributed by atoms with van der Waals surface area (Å²) in [4.78, 5) is 13.8. The Labute approximate surface area is 151 Å². The molecule has 1 atom stereocenters. The van der Waals surface area contributed by atoms with Gasteiger partial charge in [0, 0.05) is 25.6 Å². The predicted molar refractivity (Wildman–Crippen MR) is 96.1 cm³/mol. The molecule has 3 aromatic rings. The number of primary amides is 1. The number of rotatable bonds is 4. The van der Waals surface area contributed by atoms with Crippen molar-refractivity contribution < 1.29 is 9.21 Å². The Morgan fingerprint density at radius 2 is 2.00 bits per heavy atom. The Balaban J connectivity index is 1.67. The van der Waals surface area contributed by atoms with Crippen LogP contribution in [0.1, 0.15) is 44.9 Å². The molecular formula is C20H20N4O2. The molecule has 1 aromatic heterocycles. The fraction of sp³-hybridized carbons (Fsp3) is 0.250. The van der Waals surface area contributed by atoms with Crippen LogP contribution in [0.4, 0.5) is 0 Å². The first-order valence-corrected chi connectivity index (χ1v) is 8.60. The van der Waals surface area contributed by atoms with Crippen molar-refractivity contribution >= 4 is 5.91 Å². The van der Waals surface area contributed by atoms with Crippen molar-refractivity contribution in [2.24, 2.45) is 5.73 Å². The number of amides is 1. The summed E-state index contributed by atoms with van der Waals surface area (Å²) in [6.07, 6.45) is 0.813. The van der Waals surface area contributed by atoms with E-state index in [0.717, 1.165) is 18.5 Å². The molecule has 6 nitrogen and oxygen atoms in total. The van der Waals surface area contributed by atoms with Crippen molar-refractivity contribution in [1.29, 1.82) is 0 Å². The number of aromatic nitrogens is 2. The highest BCUT2D eigenvalue weighted by molar-refractivity contribution is 5.92. The highest BCUT2D eigenvalue weighted by Crippen LogP contribution is 2.33. The minimum atomic E-state index is -0.417. The van der Waals surface area contributed by atoms with Crippen LogP contribution in [-0.4, -0.2) is 21.0 Å². The molecule has 132 valence electrons. The summed E-state index contributed by atoms with van der Waals surface area (Å²) in [5, 5.41) is 8.24. The molecule has 6 heteroatoms. The average molecular weight is 348 g/mol. The van der Waals surface area contributed by atoms with Crippen molar-refractivity contribution in [3.8, 4) is 0 Å². The van der Waals surface area contributed by atoms with E-state index >= 15 is 0 Å². The van der Waals surface area contributed by atoms with Gasteiger partial charge in [0.2, 0.25) is 17.7 Å². The average Bonchev–Trinajstić information content (AvgIpc) is 3.07. The first-order valence-electron chi connectivity index (χ1n) is 8.60. The molecule has 0 spiro atoms. The molecule has 1 aliphatic heterocycles. The number of carbonyl (C=O) groups excluding carboxylic acids is 1. The number of aryl methyl sites for hydroxylation is 1. The predicted octanol–water partition coefficient (Wildman–Crippen LogP) is 2.78. The molecule has 0 saturated carbocycles.